The number of rotatable bonds is 8. The highest BCUT2D eigenvalue weighted by Crippen LogP contribution is 2.16. The van der Waals surface area contributed by atoms with Crippen molar-refractivity contribution in [2.24, 2.45) is 4.99 Å². The van der Waals surface area contributed by atoms with Gasteiger partial charge >= 0.3 is 0 Å². The molecule has 27 heavy (non-hydrogen) atoms. The van der Waals surface area contributed by atoms with Crippen molar-refractivity contribution in [1.29, 1.82) is 0 Å². The van der Waals surface area contributed by atoms with E-state index < -0.39 is 0 Å². The molecule has 5 nitrogen and oxygen atoms in total. The molecule has 6 heteroatoms. The Morgan fingerprint density at radius 1 is 1.11 bits per heavy atom. The summed E-state index contributed by atoms with van der Waals surface area (Å²) in [5.41, 5.74) is 5.56. The maximum atomic E-state index is 5.39. The molecule has 1 aliphatic heterocycles. The van der Waals surface area contributed by atoms with Crippen LogP contribution in [0.4, 0.5) is 0 Å². The first-order valence-corrected chi connectivity index (χ1v) is 9.99. The monoisotopic (exact) mass is 488 g/mol. The number of hydrogen-bond acceptors (Lipinski definition) is 3. The van der Waals surface area contributed by atoms with Gasteiger partial charge in [-0.25, -0.2) is 0 Å². The summed E-state index contributed by atoms with van der Waals surface area (Å²) in [5.74, 6) is 0.928. The molecule has 0 aliphatic carbocycles. The van der Waals surface area contributed by atoms with Crippen LogP contribution in [0, 0.1) is 20.8 Å². The molecule has 0 saturated carbocycles. The molecule has 0 amide bonds. The molecule has 1 aromatic carbocycles. The van der Waals surface area contributed by atoms with E-state index in [9.17, 15) is 0 Å². The fraction of sp³-hybridized carbons (Fsp3) is 0.667. The summed E-state index contributed by atoms with van der Waals surface area (Å²) in [6, 6.07) is 4.54. The molecule has 1 aromatic rings. The Hall–Kier alpha value is -0.860. The molecule has 1 aliphatic rings. The summed E-state index contributed by atoms with van der Waals surface area (Å²) in [6.07, 6.45) is 2.11. The molecule has 0 unspecified atom stereocenters. The zero-order chi connectivity index (χ0) is 18.8. The minimum absolute atomic E-state index is 0. The first-order valence-electron chi connectivity index (χ1n) is 9.99. The highest BCUT2D eigenvalue weighted by molar-refractivity contribution is 14.0. The smallest absolute Gasteiger partial charge is 0.191 e. The third-order valence-electron chi connectivity index (χ3n) is 4.86. The number of aryl methyl sites for hydroxylation is 3. The molecule has 0 atom stereocenters. The highest BCUT2D eigenvalue weighted by atomic mass is 127. The molecule has 154 valence electrons. The predicted octanol–water partition coefficient (Wildman–Crippen LogP) is 3.05. The number of aliphatic imine (C=N–C) groups is 1. The van der Waals surface area contributed by atoms with Crippen molar-refractivity contribution in [3.05, 3.63) is 34.4 Å². The Bertz CT molecular complexity index is 563. The fourth-order valence-electron chi connectivity index (χ4n) is 3.56. The molecular formula is C21H37IN4O. The van der Waals surface area contributed by atoms with E-state index in [1.165, 1.54) is 22.3 Å². The van der Waals surface area contributed by atoms with Gasteiger partial charge in [0, 0.05) is 39.3 Å². The number of halogens is 1. The molecule has 0 aromatic heterocycles. The molecular weight excluding hydrogens is 451 g/mol. The van der Waals surface area contributed by atoms with Gasteiger partial charge in [0.1, 0.15) is 0 Å². The number of morpholine rings is 1. The van der Waals surface area contributed by atoms with Crippen molar-refractivity contribution >= 4 is 29.9 Å². The Morgan fingerprint density at radius 2 is 1.78 bits per heavy atom. The van der Waals surface area contributed by atoms with Gasteiger partial charge in [0.15, 0.2) is 5.96 Å². The van der Waals surface area contributed by atoms with Gasteiger partial charge in [-0.3, -0.25) is 9.89 Å². The lowest BCUT2D eigenvalue weighted by molar-refractivity contribution is 0.0377. The minimum atomic E-state index is 0. The summed E-state index contributed by atoms with van der Waals surface area (Å²) in [6.45, 7) is 16.3. The van der Waals surface area contributed by atoms with E-state index in [1.54, 1.807) is 0 Å². The summed E-state index contributed by atoms with van der Waals surface area (Å²) in [5, 5.41) is 6.83. The molecule has 0 radical (unpaired) electrons. The largest absolute Gasteiger partial charge is 0.379 e. The lowest BCUT2D eigenvalue weighted by atomic mass is 9.97. The third-order valence-corrected chi connectivity index (χ3v) is 4.86. The first kappa shape index (κ1) is 24.2. The van der Waals surface area contributed by atoms with Crippen LogP contribution in [0.2, 0.25) is 0 Å². The molecule has 0 spiro atoms. The van der Waals surface area contributed by atoms with Crippen LogP contribution >= 0.6 is 24.0 Å². The van der Waals surface area contributed by atoms with Crippen molar-refractivity contribution in [3.8, 4) is 0 Å². The summed E-state index contributed by atoms with van der Waals surface area (Å²) in [4.78, 5) is 7.19. The highest BCUT2D eigenvalue weighted by Gasteiger charge is 2.09. The van der Waals surface area contributed by atoms with Crippen LogP contribution in [0.5, 0.6) is 0 Å². The number of nitrogens with zero attached hydrogens (tertiary/aromatic N) is 2. The van der Waals surface area contributed by atoms with Crippen molar-refractivity contribution in [3.63, 3.8) is 0 Å². The first-order chi connectivity index (χ1) is 12.6. The molecule has 1 saturated heterocycles. The van der Waals surface area contributed by atoms with E-state index in [0.717, 1.165) is 71.3 Å². The average Bonchev–Trinajstić information content (AvgIpc) is 2.61. The molecule has 0 bridgehead atoms. The number of benzene rings is 1. The second kappa shape index (κ2) is 13.3. The van der Waals surface area contributed by atoms with Gasteiger partial charge in [-0.05, 0) is 57.2 Å². The third kappa shape index (κ3) is 8.79. The second-order valence-corrected chi connectivity index (χ2v) is 7.12. The predicted molar refractivity (Wildman–Crippen MR) is 126 cm³/mol. The lowest BCUT2D eigenvalue weighted by Gasteiger charge is -2.26. The van der Waals surface area contributed by atoms with Crippen molar-refractivity contribution < 1.29 is 4.74 Å². The zero-order valence-electron chi connectivity index (χ0n) is 17.4. The summed E-state index contributed by atoms with van der Waals surface area (Å²) in [7, 11) is 0. The average molecular weight is 488 g/mol. The van der Waals surface area contributed by atoms with E-state index >= 15 is 0 Å². The SMILES string of the molecule is CCNC(=NCCCN1CCOCC1)NCCc1c(C)cc(C)cc1C.I. The molecule has 2 rings (SSSR count). The van der Waals surface area contributed by atoms with Gasteiger partial charge < -0.3 is 15.4 Å². The Labute approximate surface area is 182 Å². The van der Waals surface area contributed by atoms with Crippen LogP contribution in [0.3, 0.4) is 0 Å². The normalized spacial score (nSPS) is 15.3. The van der Waals surface area contributed by atoms with Gasteiger partial charge in [-0.2, -0.15) is 0 Å². The van der Waals surface area contributed by atoms with Gasteiger partial charge in [0.2, 0.25) is 0 Å². The maximum Gasteiger partial charge on any atom is 0.191 e. The van der Waals surface area contributed by atoms with Crippen molar-refractivity contribution in [1.82, 2.24) is 15.5 Å². The van der Waals surface area contributed by atoms with E-state index in [4.69, 9.17) is 9.73 Å². The van der Waals surface area contributed by atoms with Gasteiger partial charge in [0.05, 0.1) is 13.2 Å². The summed E-state index contributed by atoms with van der Waals surface area (Å²) < 4.78 is 5.39. The van der Waals surface area contributed by atoms with Crippen molar-refractivity contribution in [2.45, 2.75) is 40.5 Å². The van der Waals surface area contributed by atoms with Crippen LogP contribution in [0.15, 0.2) is 17.1 Å². The van der Waals surface area contributed by atoms with Crippen molar-refractivity contribution in [2.75, 3.05) is 52.5 Å². The van der Waals surface area contributed by atoms with Crippen LogP contribution in [0.1, 0.15) is 35.6 Å². The second-order valence-electron chi connectivity index (χ2n) is 7.12. The molecule has 1 heterocycles. The van der Waals surface area contributed by atoms with Crippen LogP contribution in [-0.4, -0.2) is 63.3 Å². The minimum Gasteiger partial charge on any atom is -0.379 e. The summed E-state index contributed by atoms with van der Waals surface area (Å²) >= 11 is 0. The van der Waals surface area contributed by atoms with E-state index in [1.807, 2.05) is 0 Å². The Kier molecular flexibility index (Phi) is 11.9. The van der Waals surface area contributed by atoms with E-state index in [2.05, 4.69) is 55.4 Å². The van der Waals surface area contributed by atoms with Gasteiger partial charge in [-0.1, -0.05) is 17.7 Å². The number of hydrogen-bond donors (Lipinski definition) is 2. The number of ether oxygens (including phenoxy) is 1. The fourth-order valence-corrected chi connectivity index (χ4v) is 3.56. The van der Waals surface area contributed by atoms with Crippen LogP contribution < -0.4 is 10.6 Å². The van der Waals surface area contributed by atoms with Gasteiger partial charge in [-0.15, -0.1) is 24.0 Å². The molecule has 2 N–H and O–H groups in total. The zero-order valence-corrected chi connectivity index (χ0v) is 19.8. The maximum absolute atomic E-state index is 5.39. The Balaban J connectivity index is 0.00000364. The van der Waals surface area contributed by atoms with E-state index in [0.29, 0.717) is 0 Å². The topological polar surface area (TPSA) is 48.9 Å². The molecule has 1 fully saturated rings. The van der Waals surface area contributed by atoms with Gasteiger partial charge in [0.25, 0.3) is 0 Å². The van der Waals surface area contributed by atoms with E-state index in [-0.39, 0.29) is 24.0 Å². The lowest BCUT2D eigenvalue weighted by Crippen LogP contribution is -2.39. The van der Waals surface area contributed by atoms with Crippen LogP contribution in [0.25, 0.3) is 0 Å². The standard InChI is InChI=1S/C21H36N4O.HI/c1-5-22-21(23-8-6-10-25-11-13-26-14-12-25)24-9-7-20-18(3)15-17(2)16-19(20)4;/h15-16H,5-14H2,1-4H3,(H2,22,23,24);1H. The number of nitrogens with one attached hydrogen (secondary N) is 2. The van der Waals surface area contributed by atoms with Crippen LogP contribution in [-0.2, 0) is 11.2 Å². The Morgan fingerprint density at radius 3 is 2.41 bits per heavy atom. The number of guanidine groups is 1. The quantitative estimate of drug-likeness (QED) is 0.256.